The Hall–Kier alpha value is -3.60. The lowest BCUT2D eigenvalue weighted by Gasteiger charge is -2.21. The fraction of sp³-hybridized carbons (Fsp3) is 0.167. The molecule has 2 unspecified atom stereocenters. The van der Waals surface area contributed by atoms with E-state index in [9.17, 15) is 19.8 Å². The van der Waals surface area contributed by atoms with Gasteiger partial charge in [0.2, 0.25) is 5.91 Å². The van der Waals surface area contributed by atoms with E-state index in [2.05, 4.69) is 5.32 Å². The van der Waals surface area contributed by atoms with E-state index in [1.54, 1.807) is 0 Å². The van der Waals surface area contributed by atoms with Crippen LogP contribution in [0, 0.1) is 0 Å². The van der Waals surface area contributed by atoms with Crippen molar-refractivity contribution in [3.63, 3.8) is 0 Å². The first kappa shape index (κ1) is 20.1. The van der Waals surface area contributed by atoms with Gasteiger partial charge in [-0.1, -0.05) is 60.7 Å². The number of carbonyl (C=O) groups is 2. The molecule has 3 rings (SSSR count). The molecule has 1 amide bonds. The van der Waals surface area contributed by atoms with Crippen LogP contribution in [0.4, 0.5) is 0 Å². The van der Waals surface area contributed by atoms with Crippen LogP contribution < -0.4 is 5.32 Å². The van der Waals surface area contributed by atoms with Crippen LogP contribution in [0.5, 0.6) is 5.75 Å². The normalized spacial score (nSPS) is 12.7. The van der Waals surface area contributed by atoms with Crippen LogP contribution in [0.15, 0.2) is 78.9 Å². The fourth-order valence-electron chi connectivity index (χ4n) is 3.37. The third kappa shape index (κ3) is 5.02. The van der Waals surface area contributed by atoms with E-state index in [-0.39, 0.29) is 29.7 Å². The molecule has 3 aromatic carbocycles. The van der Waals surface area contributed by atoms with Crippen molar-refractivity contribution in [2.24, 2.45) is 0 Å². The molecule has 5 heteroatoms. The van der Waals surface area contributed by atoms with Crippen LogP contribution in [0.2, 0.25) is 0 Å². The molecule has 0 aromatic heterocycles. The summed E-state index contributed by atoms with van der Waals surface area (Å²) in [7, 11) is 0. The van der Waals surface area contributed by atoms with Gasteiger partial charge in [-0.05, 0) is 36.2 Å². The molecule has 3 aromatic rings. The Morgan fingerprint density at radius 1 is 0.897 bits per heavy atom. The standard InChI is InChI=1S/C24H23NO4/c1-16(17-8-4-2-5-9-17)25-23(27)15-20(18-10-6-3-7-11-18)21-14-19(24(28)29)12-13-22(21)26/h2-14,16,20,26H,15H2,1H3,(H,25,27)(H,28,29). The Morgan fingerprint density at radius 3 is 2.07 bits per heavy atom. The van der Waals surface area contributed by atoms with Crippen molar-refractivity contribution < 1.29 is 19.8 Å². The van der Waals surface area contributed by atoms with E-state index in [4.69, 9.17) is 0 Å². The van der Waals surface area contributed by atoms with Gasteiger partial charge in [-0.2, -0.15) is 0 Å². The van der Waals surface area contributed by atoms with Gasteiger partial charge < -0.3 is 15.5 Å². The van der Waals surface area contributed by atoms with Crippen molar-refractivity contribution in [3.8, 4) is 5.75 Å². The summed E-state index contributed by atoms with van der Waals surface area (Å²) in [6.07, 6.45) is 0.0812. The molecular formula is C24H23NO4. The molecule has 5 nitrogen and oxygen atoms in total. The summed E-state index contributed by atoms with van der Waals surface area (Å²) in [5, 5.41) is 22.7. The van der Waals surface area contributed by atoms with Crippen LogP contribution in [0.25, 0.3) is 0 Å². The molecule has 29 heavy (non-hydrogen) atoms. The summed E-state index contributed by atoms with van der Waals surface area (Å²) < 4.78 is 0. The first-order valence-electron chi connectivity index (χ1n) is 9.41. The van der Waals surface area contributed by atoms with E-state index < -0.39 is 11.9 Å². The summed E-state index contributed by atoms with van der Waals surface area (Å²) in [6, 6.07) is 22.9. The number of hydrogen-bond acceptors (Lipinski definition) is 3. The van der Waals surface area contributed by atoms with Gasteiger partial charge in [-0.15, -0.1) is 0 Å². The maximum absolute atomic E-state index is 12.8. The number of carboxylic acid groups (broad SMARTS) is 1. The molecule has 0 spiro atoms. The largest absolute Gasteiger partial charge is 0.508 e. The Labute approximate surface area is 169 Å². The summed E-state index contributed by atoms with van der Waals surface area (Å²) in [6.45, 7) is 1.91. The summed E-state index contributed by atoms with van der Waals surface area (Å²) in [5.74, 6) is -1.78. The van der Waals surface area contributed by atoms with Gasteiger partial charge in [-0.25, -0.2) is 4.79 Å². The number of carboxylic acids is 1. The predicted molar refractivity (Wildman–Crippen MR) is 111 cm³/mol. The monoisotopic (exact) mass is 389 g/mol. The number of nitrogens with one attached hydrogen (secondary N) is 1. The zero-order chi connectivity index (χ0) is 20.8. The highest BCUT2D eigenvalue weighted by atomic mass is 16.4. The molecule has 2 atom stereocenters. The minimum absolute atomic E-state index is 0.0345. The number of phenolic OH excluding ortho intramolecular Hbond substituents is 1. The Morgan fingerprint density at radius 2 is 1.48 bits per heavy atom. The highest BCUT2D eigenvalue weighted by molar-refractivity contribution is 5.88. The second-order valence-electron chi connectivity index (χ2n) is 6.95. The first-order valence-corrected chi connectivity index (χ1v) is 9.41. The van der Waals surface area contributed by atoms with Crippen molar-refractivity contribution in [2.45, 2.75) is 25.3 Å². The molecule has 0 bridgehead atoms. The van der Waals surface area contributed by atoms with Gasteiger partial charge in [0.25, 0.3) is 0 Å². The summed E-state index contributed by atoms with van der Waals surface area (Å²) in [4.78, 5) is 24.2. The molecule has 0 aliphatic heterocycles. The summed E-state index contributed by atoms with van der Waals surface area (Å²) >= 11 is 0. The van der Waals surface area contributed by atoms with Gasteiger partial charge in [0, 0.05) is 17.9 Å². The van der Waals surface area contributed by atoms with E-state index in [1.807, 2.05) is 67.6 Å². The van der Waals surface area contributed by atoms with Crippen LogP contribution in [0.3, 0.4) is 0 Å². The number of amides is 1. The number of rotatable bonds is 7. The topological polar surface area (TPSA) is 86.6 Å². The summed E-state index contributed by atoms with van der Waals surface area (Å²) in [5.41, 5.74) is 2.30. The Kier molecular flexibility index (Phi) is 6.29. The maximum Gasteiger partial charge on any atom is 0.335 e. The molecule has 148 valence electrons. The van der Waals surface area contributed by atoms with Crippen LogP contribution in [-0.2, 0) is 4.79 Å². The molecule has 0 heterocycles. The molecule has 0 radical (unpaired) electrons. The number of aromatic carboxylic acids is 1. The molecule has 0 aliphatic carbocycles. The van der Waals surface area contributed by atoms with Gasteiger partial charge in [0.1, 0.15) is 5.75 Å². The van der Waals surface area contributed by atoms with Crippen molar-refractivity contribution in [2.75, 3.05) is 0 Å². The second kappa shape index (κ2) is 9.06. The first-order chi connectivity index (χ1) is 14.0. The van der Waals surface area contributed by atoms with Crippen LogP contribution in [0.1, 0.15) is 52.4 Å². The number of aromatic hydroxyl groups is 1. The minimum atomic E-state index is -1.08. The highest BCUT2D eigenvalue weighted by Gasteiger charge is 2.23. The smallest absolute Gasteiger partial charge is 0.335 e. The fourth-order valence-corrected chi connectivity index (χ4v) is 3.37. The third-order valence-corrected chi connectivity index (χ3v) is 4.92. The van der Waals surface area contributed by atoms with Gasteiger partial charge in [0.05, 0.1) is 11.6 Å². The number of phenols is 1. The average Bonchev–Trinajstić information content (AvgIpc) is 2.73. The number of hydrogen-bond donors (Lipinski definition) is 3. The van der Waals surface area contributed by atoms with E-state index in [0.29, 0.717) is 5.56 Å². The Bertz CT molecular complexity index is 986. The van der Waals surface area contributed by atoms with Crippen LogP contribution >= 0.6 is 0 Å². The molecule has 0 fully saturated rings. The quantitative estimate of drug-likeness (QED) is 0.556. The molecule has 0 saturated heterocycles. The van der Waals surface area contributed by atoms with Crippen molar-refractivity contribution in [3.05, 3.63) is 101 Å². The predicted octanol–water partition coefficient (Wildman–Crippen LogP) is 4.49. The number of benzene rings is 3. The van der Waals surface area contributed by atoms with Gasteiger partial charge >= 0.3 is 5.97 Å². The lowest BCUT2D eigenvalue weighted by atomic mass is 9.86. The molecular weight excluding hydrogens is 366 g/mol. The van der Waals surface area contributed by atoms with Crippen molar-refractivity contribution in [1.82, 2.24) is 5.32 Å². The highest BCUT2D eigenvalue weighted by Crippen LogP contribution is 2.35. The second-order valence-corrected chi connectivity index (χ2v) is 6.95. The van der Waals surface area contributed by atoms with Crippen LogP contribution in [-0.4, -0.2) is 22.1 Å². The lowest BCUT2D eigenvalue weighted by molar-refractivity contribution is -0.121. The zero-order valence-corrected chi connectivity index (χ0v) is 16.1. The van der Waals surface area contributed by atoms with Crippen molar-refractivity contribution >= 4 is 11.9 Å². The van der Waals surface area contributed by atoms with E-state index >= 15 is 0 Å². The molecule has 0 saturated carbocycles. The molecule has 3 N–H and O–H groups in total. The lowest BCUT2D eigenvalue weighted by Crippen LogP contribution is -2.28. The van der Waals surface area contributed by atoms with Crippen molar-refractivity contribution in [1.29, 1.82) is 0 Å². The Balaban J connectivity index is 1.88. The SMILES string of the molecule is CC(NC(=O)CC(c1ccccc1)c1cc(C(=O)O)ccc1O)c1ccccc1. The van der Waals surface area contributed by atoms with Gasteiger partial charge in [-0.3, -0.25) is 4.79 Å². The number of carbonyl (C=O) groups excluding carboxylic acids is 1. The van der Waals surface area contributed by atoms with E-state index in [1.165, 1.54) is 18.2 Å². The zero-order valence-electron chi connectivity index (χ0n) is 16.1. The van der Waals surface area contributed by atoms with E-state index in [0.717, 1.165) is 11.1 Å². The van der Waals surface area contributed by atoms with Gasteiger partial charge in [0.15, 0.2) is 0 Å². The third-order valence-electron chi connectivity index (χ3n) is 4.92. The molecule has 0 aliphatic rings. The minimum Gasteiger partial charge on any atom is -0.508 e. The maximum atomic E-state index is 12.8. The average molecular weight is 389 g/mol.